The minimum absolute atomic E-state index is 0.233. The number of nitrogens with zero attached hydrogens (tertiary/aromatic N) is 1. The summed E-state index contributed by atoms with van der Waals surface area (Å²) in [4.78, 5) is 14.0. The van der Waals surface area contributed by atoms with Gasteiger partial charge in [-0.2, -0.15) is 0 Å². The Kier molecular flexibility index (Phi) is 13.3. The molecule has 0 aromatic heterocycles. The Morgan fingerprint density at radius 1 is 0.967 bits per heavy atom. The Hall–Kier alpha value is -1.13. The number of aryl methyl sites for hydroxylation is 1. The van der Waals surface area contributed by atoms with Gasteiger partial charge in [-0.3, -0.25) is 4.79 Å². The Labute approximate surface area is 187 Å². The van der Waals surface area contributed by atoms with Crippen molar-refractivity contribution in [3.63, 3.8) is 0 Å². The van der Waals surface area contributed by atoms with Crippen LogP contribution in [0.5, 0.6) is 0 Å². The Balaban J connectivity index is 2.37. The van der Waals surface area contributed by atoms with E-state index < -0.39 is 31.0 Å². The molecule has 1 amide bonds. The summed E-state index contributed by atoms with van der Waals surface area (Å²) >= 11 is 11.6. The molecule has 0 aliphatic heterocycles. The predicted molar refractivity (Wildman–Crippen MR) is 117 cm³/mol. The van der Waals surface area contributed by atoms with E-state index in [-0.39, 0.29) is 18.9 Å². The third kappa shape index (κ3) is 9.34. The van der Waals surface area contributed by atoms with Crippen molar-refractivity contribution >= 4 is 34.8 Å². The fourth-order valence-corrected chi connectivity index (χ4v) is 3.30. The first kappa shape index (κ1) is 26.9. The van der Waals surface area contributed by atoms with Crippen molar-refractivity contribution in [1.82, 2.24) is 5.32 Å². The van der Waals surface area contributed by atoms with Gasteiger partial charge in [-0.15, -0.1) is 23.2 Å². The number of aliphatic hydroxyl groups is 5. The molecular weight excluding hydrogens is 435 g/mol. The topological polar surface area (TPSA) is 133 Å². The van der Waals surface area contributed by atoms with Crippen molar-refractivity contribution in [2.75, 3.05) is 42.9 Å². The van der Waals surface area contributed by atoms with Crippen LogP contribution in [-0.2, 0) is 11.2 Å². The first-order valence-electron chi connectivity index (χ1n) is 9.89. The second-order valence-corrected chi connectivity index (χ2v) is 7.74. The largest absolute Gasteiger partial charge is 0.394 e. The van der Waals surface area contributed by atoms with Gasteiger partial charge in [0.2, 0.25) is 5.91 Å². The minimum atomic E-state index is -1.71. The molecule has 8 nitrogen and oxygen atoms in total. The maximum absolute atomic E-state index is 11.9. The van der Waals surface area contributed by atoms with Crippen molar-refractivity contribution in [2.45, 2.75) is 43.7 Å². The summed E-state index contributed by atoms with van der Waals surface area (Å²) in [5.74, 6) is 0.728. The second-order valence-electron chi connectivity index (χ2n) is 6.99. The first-order valence-corrected chi connectivity index (χ1v) is 11.0. The van der Waals surface area contributed by atoms with Crippen LogP contribution in [0.4, 0.5) is 5.69 Å². The fourth-order valence-electron chi connectivity index (χ4n) is 2.89. The SMILES string of the molecule is O=C(CCCc1ccc(N(CCCl)CCCl)cc1)NC[C@H](O)[C@@H](O)[C@H](O)[C@H](O)CO. The number of benzene rings is 1. The van der Waals surface area contributed by atoms with Gasteiger partial charge in [0.05, 0.1) is 12.7 Å². The van der Waals surface area contributed by atoms with Crippen LogP contribution in [0, 0.1) is 0 Å². The Morgan fingerprint density at radius 2 is 1.53 bits per heavy atom. The highest BCUT2D eigenvalue weighted by Crippen LogP contribution is 2.17. The Morgan fingerprint density at radius 3 is 2.07 bits per heavy atom. The summed E-state index contributed by atoms with van der Waals surface area (Å²) in [6.45, 7) is 0.394. The molecule has 172 valence electrons. The van der Waals surface area contributed by atoms with Crippen molar-refractivity contribution < 1.29 is 30.3 Å². The van der Waals surface area contributed by atoms with Crippen molar-refractivity contribution in [1.29, 1.82) is 0 Å². The molecule has 0 saturated heterocycles. The number of nitrogens with one attached hydrogen (secondary N) is 1. The summed E-state index contributed by atoms with van der Waals surface area (Å²) < 4.78 is 0. The van der Waals surface area contributed by atoms with E-state index in [1.54, 1.807) is 0 Å². The number of amides is 1. The maximum Gasteiger partial charge on any atom is 0.220 e. The third-order valence-electron chi connectivity index (χ3n) is 4.71. The van der Waals surface area contributed by atoms with E-state index in [1.165, 1.54) is 0 Å². The van der Waals surface area contributed by atoms with Gasteiger partial charge in [0.25, 0.3) is 0 Å². The monoisotopic (exact) mass is 466 g/mol. The summed E-state index contributed by atoms with van der Waals surface area (Å²) in [6, 6.07) is 7.99. The average molecular weight is 467 g/mol. The summed E-state index contributed by atoms with van der Waals surface area (Å²) in [6.07, 6.45) is -4.92. The number of halogens is 2. The molecule has 1 rings (SSSR count). The molecule has 30 heavy (non-hydrogen) atoms. The van der Waals surface area contributed by atoms with Gasteiger partial charge in [-0.05, 0) is 30.5 Å². The highest BCUT2D eigenvalue weighted by molar-refractivity contribution is 6.18. The van der Waals surface area contributed by atoms with Crippen LogP contribution in [0.3, 0.4) is 0 Å². The summed E-state index contributed by atoms with van der Waals surface area (Å²) in [7, 11) is 0. The quantitative estimate of drug-likeness (QED) is 0.198. The number of hydrogen-bond acceptors (Lipinski definition) is 7. The van der Waals surface area contributed by atoms with E-state index in [4.69, 9.17) is 28.3 Å². The molecule has 6 N–H and O–H groups in total. The highest BCUT2D eigenvalue weighted by Gasteiger charge is 2.30. The van der Waals surface area contributed by atoms with Crippen LogP contribution in [0.2, 0.25) is 0 Å². The molecule has 1 aromatic carbocycles. The number of carbonyl (C=O) groups is 1. The lowest BCUT2D eigenvalue weighted by Crippen LogP contribution is -2.49. The molecule has 0 aliphatic rings. The van der Waals surface area contributed by atoms with Gasteiger partial charge >= 0.3 is 0 Å². The summed E-state index contributed by atoms with van der Waals surface area (Å²) in [5.41, 5.74) is 2.12. The maximum atomic E-state index is 11.9. The molecule has 0 unspecified atom stereocenters. The number of rotatable bonds is 15. The molecule has 1 aromatic rings. The van der Waals surface area contributed by atoms with E-state index in [0.29, 0.717) is 37.7 Å². The molecule has 0 bridgehead atoms. The third-order valence-corrected chi connectivity index (χ3v) is 5.05. The lowest BCUT2D eigenvalue weighted by atomic mass is 10.0. The number of aliphatic hydroxyl groups excluding tert-OH is 5. The van der Waals surface area contributed by atoms with E-state index in [9.17, 15) is 25.2 Å². The lowest BCUT2D eigenvalue weighted by molar-refractivity contribution is -0.126. The molecule has 4 atom stereocenters. The van der Waals surface area contributed by atoms with Crippen LogP contribution >= 0.6 is 23.2 Å². The molecule has 10 heteroatoms. The molecule has 0 spiro atoms. The Bertz CT molecular complexity index is 601. The molecular formula is C20H32Cl2N2O6. The molecule has 0 radical (unpaired) electrons. The van der Waals surface area contributed by atoms with Crippen LogP contribution < -0.4 is 10.2 Å². The van der Waals surface area contributed by atoms with Crippen molar-refractivity contribution in [3.8, 4) is 0 Å². The zero-order valence-corrected chi connectivity index (χ0v) is 18.3. The van der Waals surface area contributed by atoms with E-state index in [1.807, 2.05) is 24.3 Å². The number of carbonyl (C=O) groups excluding carboxylic acids is 1. The van der Waals surface area contributed by atoms with Gasteiger partial charge < -0.3 is 35.7 Å². The number of alkyl halides is 2. The van der Waals surface area contributed by atoms with Gasteiger partial charge in [0, 0.05) is 43.5 Å². The lowest BCUT2D eigenvalue weighted by Gasteiger charge is -2.25. The zero-order valence-electron chi connectivity index (χ0n) is 16.8. The molecule has 0 fully saturated rings. The predicted octanol–water partition coefficient (Wildman–Crippen LogP) is -0.155. The van der Waals surface area contributed by atoms with E-state index in [2.05, 4.69) is 10.2 Å². The molecule has 0 heterocycles. The van der Waals surface area contributed by atoms with E-state index in [0.717, 1.165) is 11.3 Å². The van der Waals surface area contributed by atoms with Gasteiger partial charge in [0.1, 0.15) is 18.3 Å². The van der Waals surface area contributed by atoms with Gasteiger partial charge in [0.15, 0.2) is 0 Å². The first-order chi connectivity index (χ1) is 14.3. The van der Waals surface area contributed by atoms with E-state index >= 15 is 0 Å². The normalized spacial score (nSPS) is 15.3. The minimum Gasteiger partial charge on any atom is -0.394 e. The molecule has 0 saturated carbocycles. The highest BCUT2D eigenvalue weighted by atomic mass is 35.5. The fraction of sp³-hybridized carbons (Fsp3) is 0.650. The standard InChI is InChI=1S/C20H32Cl2N2O6/c21-8-10-24(11-9-22)15-6-4-14(5-7-15)2-1-3-18(28)23-12-16(26)19(29)20(30)17(27)13-25/h4-7,16-17,19-20,25-27,29-30H,1-3,8-13H2,(H,23,28)/t16-,17+,19+,20+/m0/s1. The zero-order chi connectivity index (χ0) is 22.5. The van der Waals surface area contributed by atoms with Crippen molar-refractivity contribution in [2.24, 2.45) is 0 Å². The van der Waals surface area contributed by atoms with Crippen LogP contribution in [0.15, 0.2) is 24.3 Å². The number of hydrogen-bond donors (Lipinski definition) is 6. The van der Waals surface area contributed by atoms with Crippen molar-refractivity contribution in [3.05, 3.63) is 29.8 Å². The van der Waals surface area contributed by atoms with Crippen LogP contribution in [-0.4, -0.2) is 93.9 Å². The van der Waals surface area contributed by atoms with Gasteiger partial charge in [-0.25, -0.2) is 0 Å². The number of anilines is 1. The molecule has 0 aliphatic carbocycles. The second kappa shape index (κ2) is 14.8. The smallest absolute Gasteiger partial charge is 0.220 e. The average Bonchev–Trinajstić information content (AvgIpc) is 2.76. The van der Waals surface area contributed by atoms with Crippen LogP contribution in [0.25, 0.3) is 0 Å². The van der Waals surface area contributed by atoms with Crippen LogP contribution in [0.1, 0.15) is 18.4 Å². The van der Waals surface area contributed by atoms with Gasteiger partial charge in [-0.1, -0.05) is 12.1 Å². The summed E-state index contributed by atoms with van der Waals surface area (Å²) in [5, 5.41) is 49.6.